The van der Waals surface area contributed by atoms with E-state index in [9.17, 15) is 0 Å². The number of nitrogens with zero attached hydrogens (tertiary/aromatic N) is 2. The van der Waals surface area contributed by atoms with E-state index in [2.05, 4.69) is 15.3 Å². The number of hydrogen-bond acceptors (Lipinski definition) is 4. The van der Waals surface area contributed by atoms with E-state index in [1.807, 2.05) is 12.1 Å². The molecule has 2 heterocycles. The highest BCUT2D eigenvalue weighted by Crippen LogP contribution is 2.04. The van der Waals surface area contributed by atoms with Crippen molar-refractivity contribution >= 4 is 11.7 Å². The molecule has 2 rings (SSSR count). The maximum atomic E-state index is 5.17. The first-order valence-corrected chi connectivity index (χ1v) is 3.79. The van der Waals surface area contributed by atoms with Gasteiger partial charge in [-0.25, -0.2) is 4.99 Å². The lowest BCUT2D eigenvalue weighted by molar-refractivity contribution is 0.346. The van der Waals surface area contributed by atoms with Crippen molar-refractivity contribution < 1.29 is 4.74 Å². The molecule has 0 atom stereocenters. The molecule has 12 heavy (non-hydrogen) atoms. The first-order valence-electron chi connectivity index (χ1n) is 3.79. The molecule has 4 nitrogen and oxygen atoms in total. The number of pyridine rings is 1. The molecule has 1 N–H and O–H groups in total. The summed E-state index contributed by atoms with van der Waals surface area (Å²) in [5.41, 5.74) is 0.901. The van der Waals surface area contributed by atoms with Crippen LogP contribution in [0, 0.1) is 0 Å². The van der Waals surface area contributed by atoms with Crippen molar-refractivity contribution in [3.05, 3.63) is 24.5 Å². The van der Waals surface area contributed by atoms with Gasteiger partial charge in [-0.05, 0) is 12.1 Å². The van der Waals surface area contributed by atoms with E-state index < -0.39 is 0 Å². The number of ether oxygens (including phenoxy) is 1. The standard InChI is InChI=1S/C8H9N3O/c1-2-7(6-9-3-1)11-8-10-4-5-12-8/h1-3,6H,4-5H2,(H,10,11). The van der Waals surface area contributed by atoms with Gasteiger partial charge in [-0.2, -0.15) is 0 Å². The fourth-order valence-electron chi connectivity index (χ4n) is 0.971. The van der Waals surface area contributed by atoms with Crippen LogP contribution >= 0.6 is 0 Å². The average Bonchev–Trinajstić information content (AvgIpc) is 2.59. The number of aliphatic imine (C=N–C) groups is 1. The van der Waals surface area contributed by atoms with Crippen LogP contribution in [0.15, 0.2) is 29.5 Å². The molecule has 0 unspecified atom stereocenters. The number of aromatic nitrogens is 1. The Bertz CT molecular complexity index is 284. The second-order valence-corrected chi connectivity index (χ2v) is 2.40. The monoisotopic (exact) mass is 163 g/mol. The molecule has 0 amide bonds. The van der Waals surface area contributed by atoms with Crippen LogP contribution in [0.3, 0.4) is 0 Å². The Balaban J connectivity index is 2.04. The second kappa shape index (κ2) is 3.21. The van der Waals surface area contributed by atoms with Crippen LogP contribution in [-0.4, -0.2) is 24.2 Å². The first-order chi connectivity index (χ1) is 5.95. The van der Waals surface area contributed by atoms with Crippen LogP contribution in [0.25, 0.3) is 0 Å². The summed E-state index contributed by atoms with van der Waals surface area (Å²) >= 11 is 0. The summed E-state index contributed by atoms with van der Waals surface area (Å²) in [6.45, 7) is 1.41. The molecule has 0 aromatic carbocycles. The molecule has 1 aliphatic rings. The molecule has 0 bridgehead atoms. The average molecular weight is 163 g/mol. The molecule has 1 aliphatic heterocycles. The van der Waals surface area contributed by atoms with Gasteiger partial charge >= 0.3 is 0 Å². The van der Waals surface area contributed by atoms with Crippen molar-refractivity contribution in [2.45, 2.75) is 0 Å². The van der Waals surface area contributed by atoms with E-state index >= 15 is 0 Å². The predicted molar refractivity (Wildman–Crippen MR) is 46.1 cm³/mol. The Morgan fingerprint density at radius 1 is 1.50 bits per heavy atom. The van der Waals surface area contributed by atoms with Crippen molar-refractivity contribution in [3.63, 3.8) is 0 Å². The van der Waals surface area contributed by atoms with E-state index in [1.54, 1.807) is 12.4 Å². The van der Waals surface area contributed by atoms with Crippen molar-refractivity contribution in [3.8, 4) is 0 Å². The molecule has 0 aliphatic carbocycles. The highest BCUT2D eigenvalue weighted by atomic mass is 16.5. The van der Waals surface area contributed by atoms with Crippen molar-refractivity contribution in [1.29, 1.82) is 0 Å². The van der Waals surface area contributed by atoms with Crippen molar-refractivity contribution in [2.24, 2.45) is 4.99 Å². The topological polar surface area (TPSA) is 46.5 Å². The molecule has 62 valence electrons. The molecular weight excluding hydrogens is 154 g/mol. The Kier molecular flexibility index (Phi) is 1.90. The molecule has 0 saturated carbocycles. The van der Waals surface area contributed by atoms with Gasteiger partial charge in [-0.15, -0.1) is 0 Å². The fourth-order valence-corrected chi connectivity index (χ4v) is 0.971. The van der Waals surface area contributed by atoms with Crippen molar-refractivity contribution in [1.82, 2.24) is 4.98 Å². The van der Waals surface area contributed by atoms with E-state index in [1.165, 1.54) is 0 Å². The lowest BCUT2D eigenvalue weighted by Gasteiger charge is -2.03. The maximum Gasteiger partial charge on any atom is 0.289 e. The fraction of sp³-hybridized carbons (Fsp3) is 0.250. The highest BCUT2D eigenvalue weighted by Gasteiger charge is 2.05. The highest BCUT2D eigenvalue weighted by molar-refractivity contribution is 5.89. The SMILES string of the molecule is c1cncc(NC2=NCCO2)c1. The van der Waals surface area contributed by atoms with Gasteiger partial charge in [-0.3, -0.25) is 4.98 Å². The van der Waals surface area contributed by atoms with Gasteiger partial charge < -0.3 is 10.1 Å². The van der Waals surface area contributed by atoms with Crippen LogP contribution in [0.1, 0.15) is 0 Å². The Morgan fingerprint density at radius 3 is 3.17 bits per heavy atom. The minimum atomic E-state index is 0.586. The second-order valence-electron chi connectivity index (χ2n) is 2.40. The molecular formula is C8H9N3O. The predicted octanol–water partition coefficient (Wildman–Crippen LogP) is 0.880. The zero-order valence-electron chi connectivity index (χ0n) is 6.53. The summed E-state index contributed by atoms with van der Waals surface area (Å²) in [4.78, 5) is 8.04. The largest absolute Gasteiger partial charge is 0.463 e. The number of rotatable bonds is 1. The molecule has 0 saturated heterocycles. The third-order valence-electron chi connectivity index (χ3n) is 1.50. The Labute approximate surface area is 70.3 Å². The normalized spacial score (nSPS) is 15.2. The third-order valence-corrected chi connectivity index (χ3v) is 1.50. The van der Waals surface area contributed by atoms with Gasteiger partial charge in [0.15, 0.2) is 0 Å². The molecule has 1 aromatic rings. The summed E-state index contributed by atoms with van der Waals surface area (Å²) < 4.78 is 5.17. The van der Waals surface area contributed by atoms with Crippen LogP contribution in [0.5, 0.6) is 0 Å². The summed E-state index contributed by atoms with van der Waals surface area (Å²) in [7, 11) is 0. The maximum absolute atomic E-state index is 5.17. The third kappa shape index (κ3) is 1.53. The summed E-state index contributed by atoms with van der Waals surface area (Å²) in [6.07, 6.45) is 3.45. The zero-order chi connectivity index (χ0) is 8.23. The number of amidine groups is 1. The van der Waals surface area contributed by atoms with Gasteiger partial charge in [0.1, 0.15) is 6.61 Å². The van der Waals surface area contributed by atoms with E-state index in [4.69, 9.17) is 4.74 Å². The Morgan fingerprint density at radius 2 is 2.50 bits per heavy atom. The van der Waals surface area contributed by atoms with Gasteiger partial charge in [0.2, 0.25) is 0 Å². The quantitative estimate of drug-likeness (QED) is 0.668. The van der Waals surface area contributed by atoms with Gasteiger partial charge in [-0.1, -0.05) is 0 Å². The van der Waals surface area contributed by atoms with E-state index in [-0.39, 0.29) is 0 Å². The van der Waals surface area contributed by atoms with Gasteiger partial charge in [0.25, 0.3) is 6.02 Å². The zero-order valence-corrected chi connectivity index (χ0v) is 6.53. The summed E-state index contributed by atoms with van der Waals surface area (Å²) in [5, 5.41) is 3.01. The number of anilines is 1. The lowest BCUT2D eigenvalue weighted by Crippen LogP contribution is -2.11. The van der Waals surface area contributed by atoms with Crippen molar-refractivity contribution in [2.75, 3.05) is 18.5 Å². The molecule has 4 heteroatoms. The molecule has 1 aromatic heterocycles. The number of hydrogen-bond donors (Lipinski definition) is 1. The molecule has 0 fully saturated rings. The minimum absolute atomic E-state index is 0.586. The van der Waals surface area contributed by atoms with Crippen LogP contribution in [0.2, 0.25) is 0 Å². The van der Waals surface area contributed by atoms with E-state index in [0.29, 0.717) is 12.6 Å². The summed E-state index contributed by atoms with van der Waals surface area (Å²) in [6, 6.07) is 4.36. The molecule has 0 radical (unpaired) electrons. The minimum Gasteiger partial charge on any atom is -0.463 e. The summed E-state index contributed by atoms with van der Waals surface area (Å²) in [5.74, 6) is 0. The van der Waals surface area contributed by atoms with Crippen LogP contribution in [0.4, 0.5) is 5.69 Å². The van der Waals surface area contributed by atoms with Crippen LogP contribution < -0.4 is 5.32 Å². The lowest BCUT2D eigenvalue weighted by atomic mass is 10.4. The Hall–Kier alpha value is -1.58. The number of nitrogens with one attached hydrogen (secondary N) is 1. The first kappa shape index (κ1) is 7.09. The molecule has 0 spiro atoms. The smallest absolute Gasteiger partial charge is 0.289 e. The van der Waals surface area contributed by atoms with Gasteiger partial charge in [0, 0.05) is 6.20 Å². The van der Waals surface area contributed by atoms with E-state index in [0.717, 1.165) is 12.2 Å². The van der Waals surface area contributed by atoms with Gasteiger partial charge in [0.05, 0.1) is 18.4 Å². The van der Waals surface area contributed by atoms with Crippen LogP contribution in [-0.2, 0) is 4.74 Å².